The Morgan fingerprint density at radius 1 is 1.07 bits per heavy atom. The van der Waals surface area contributed by atoms with E-state index in [0.29, 0.717) is 6.61 Å². The third kappa shape index (κ3) is 5.21. The summed E-state index contributed by atoms with van der Waals surface area (Å²) in [6.07, 6.45) is 3.64. The molecule has 1 fully saturated rings. The Labute approximate surface area is 186 Å². The summed E-state index contributed by atoms with van der Waals surface area (Å²) in [5, 5.41) is 1.40. The van der Waals surface area contributed by atoms with Crippen LogP contribution in [0.3, 0.4) is 0 Å². The van der Waals surface area contributed by atoms with Gasteiger partial charge in [-0.2, -0.15) is 0 Å². The molecular formula is C24H29BrN2OS. The van der Waals surface area contributed by atoms with E-state index in [1.54, 1.807) is 0 Å². The van der Waals surface area contributed by atoms with Crippen LogP contribution in [-0.4, -0.2) is 49.6 Å². The number of hydrogen-bond donors (Lipinski definition) is 0. The van der Waals surface area contributed by atoms with E-state index in [1.807, 2.05) is 35.6 Å². The van der Waals surface area contributed by atoms with Crippen molar-refractivity contribution in [2.24, 2.45) is 0 Å². The second-order valence-corrected chi connectivity index (χ2v) is 10.1. The zero-order valence-corrected chi connectivity index (χ0v) is 19.6. The molecular weight excluding hydrogens is 444 g/mol. The first kappa shape index (κ1) is 20.9. The molecule has 0 amide bonds. The van der Waals surface area contributed by atoms with E-state index in [4.69, 9.17) is 4.74 Å². The molecule has 2 aromatic carbocycles. The molecule has 3 aromatic rings. The first-order valence-corrected chi connectivity index (χ1v) is 12.0. The van der Waals surface area contributed by atoms with Gasteiger partial charge in [0.15, 0.2) is 0 Å². The van der Waals surface area contributed by atoms with Crippen LogP contribution in [0.5, 0.6) is 5.75 Å². The average Bonchev–Trinajstić information content (AvgIpc) is 3.09. The number of halogens is 1. The van der Waals surface area contributed by atoms with E-state index in [1.165, 1.54) is 46.5 Å². The molecule has 0 bridgehead atoms. The maximum absolute atomic E-state index is 6.12. The van der Waals surface area contributed by atoms with E-state index in [0.717, 1.165) is 29.2 Å². The molecule has 29 heavy (non-hydrogen) atoms. The van der Waals surface area contributed by atoms with Crippen LogP contribution < -0.4 is 4.74 Å². The molecule has 0 atom stereocenters. The van der Waals surface area contributed by atoms with Gasteiger partial charge in [-0.25, -0.2) is 0 Å². The summed E-state index contributed by atoms with van der Waals surface area (Å²) >= 11 is 5.36. The highest BCUT2D eigenvalue weighted by Crippen LogP contribution is 2.33. The van der Waals surface area contributed by atoms with Gasteiger partial charge < -0.3 is 14.5 Å². The molecule has 1 aliphatic heterocycles. The third-order valence-corrected chi connectivity index (χ3v) is 7.65. The van der Waals surface area contributed by atoms with Crippen LogP contribution in [0.15, 0.2) is 53.0 Å². The summed E-state index contributed by atoms with van der Waals surface area (Å²) in [6.45, 7) is 4.18. The molecule has 0 spiro atoms. The average molecular weight is 473 g/mol. The number of fused-ring (bicyclic) bond motifs is 1. The zero-order valence-electron chi connectivity index (χ0n) is 17.2. The van der Waals surface area contributed by atoms with Gasteiger partial charge in [0.1, 0.15) is 12.4 Å². The Hall–Kier alpha value is -1.40. The number of rotatable bonds is 7. The van der Waals surface area contributed by atoms with Gasteiger partial charge in [0.2, 0.25) is 0 Å². The van der Waals surface area contributed by atoms with Gasteiger partial charge >= 0.3 is 0 Å². The van der Waals surface area contributed by atoms with E-state index >= 15 is 0 Å². The number of benzene rings is 2. The lowest BCUT2D eigenvalue weighted by atomic mass is 10.0. The summed E-state index contributed by atoms with van der Waals surface area (Å²) in [4.78, 5) is 6.37. The number of piperidine rings is 1. The topological polar surface area (TPSA) is 15.7 Å². The summed E-state index contributed by atoms with van der Waals surface area (Å²) in [6, 6.07) is 17.6. The van der Waals surface area contributed by atoms with Crippen LogP contribution in [0, 0.1) is 0 Å². The lowest BCUT2D eigenvalue weighted by molar-refractivity contribution is 0.146. The van der Waals surface area contributed by atoms with Crippen molar-refractivity contribution in [1.82, 2.24) is 9.80 Å². The van der Waals surface area contributed by atoms with Crippen LogP contribution in [0.2, 0.25) is 0 Å². The summed E-state index contributed by atoms with van der Waals surface area (Å²) in [5.74, 6) is 0.919. The molecule has 0 aliphatic carbocycles. The number of likely N-dealkylation sites (tertiary alicyclic amines) is 1. The van der Waals surface area contributed by atoms with Crippen molar-refractivity contribution in [3.05, 3.63) is 63.4 Å². The first-order valence-electron chi connectivity index (χ1n) is 10.4. The van der Waals surface area contributed by atoms with Crippen molar-refractivity contribution in [3.63, 3.8) is 0 Å². The Bertz CT molecular complexity index is 930. The summed E-state index contributed by atoms with van der Waals surface area (Å²) in [5.41, 5.74) is 1.47. The van der Waals surface area contributed by atoms with Gasteiger partial charge in [-0.05, 0) is 87.7 Å². The number of ether oxygens (including phenoxy) is 1. The number of hydrogen-bond acceptors (Lipinski definition) is 4. The summed E-state index contributed by atoms with van der Waals surface area (Å²) < 4.78 is 8.56. The van der Waals surface area contributed by atoms with Crippen molar-refractivity contribution in [1.29, 1.82) is 0 Å². The highest BCUT2D eigenvalue weighted by atomic mass is 79.9. The lowest BCUT2D eigenvalue weighted by Gasteiger charge is -2.35. The minimum atomic E-state index is 0.638. The van der Waals surface area contributed by atoms with E-state index in [2.05, 4.69) is 64.1 Å². The van der Waals surface area contributed by atoms with Crippen LogP contribution >= 0.6 is 27.3 Å². The van der Waals surface area contributed by atoms with Crippen molar-refractivity contribution in [2.45, 2.75) is 31.9 Å². The van der Waals surface area contributed by atoms with Gasteiger partial charge in [0.05, 0.1) is 0 Å². The second kappa shape index (κ2) is 9.61. The fourth-order valence-corrected chi connectivity index (χ4v) is 5.58. The predicted molar refractivity (Wildman–Crippen MR) is 127 cm³/mol. The van der Waals surface area contributed by atoms with Crippen molar-refractivity contribution >= 4 is 37.4 Å². The largest absolute Gasteiger partial charge is 0.488 e. The SMILES string of the molecule is CN(C)C1CCN(CCc2c(COc3ccc(Br)cc3)sc3ccccc23)CC1. The smallest absolute Gasteiger partial charge is 0.123 e. The Balaban J connectivity index is 1.44. The van der Waals surface area contributed by atoms with Crippen molar-refractivity contribution in [2.75, 3.05) is 33.7 Å². The molecule has 4 rings (SSSR count). The first-order chi connectivity index (χ1) is 14.1. The van der Waals surface area contributed by atoms with Crippen LogP contribution in [-0.2, 0) is 13.0 Å². The van der Waals surface area contributed by atoms with Crippen molar-refractivity contribution < 1.29 is 4.74 Å². The third-order valence-electron chi connectivity index (χ3n) is 5.93. The monoisotopic (exact) mass is 472 g/mol. The molecule has 5 heteroatoms. The molecule has 3 nitrogen and oxygen atoms in total. The number of nitrogens with zero attached hydrogens (tertiary/aromatic N) is 2. The highest BCUT2D eigenvalue weighted by Gasteiger charge is 2.21. The maximum Gasteiger partial charge on any atom is 0.123 e. The van der Waals surface area contributed by atoms with Gasteiger partial charge in [-0.15, -0.1) is 11.3 Å². The maximum atomic E-state index is 6.12. The van der Waals surface area contributed by atoms with Gasteiger partial charge in [-0.1, -0.05) is 34.1 Å². The predicted octanol–water partition coefficient (Wildman–Crippen LogP) is 5.81. The van der Waals surface area contributed by atoms with Gasteiger partial charge in [0, 0.05) is 26.6 Å². The molecule has 2 heterocycles. The van der Waals surface area contributed by atoms with E-state index < -0.39 is 0 Å². The van der Waals surface area contributed by atoms with Crippen molar-refractivity contribution in [3.8, 4) is 5.75 Å². The standard InChI is InChI=1S/C24H29BrN2OS/c1-26(2)19-11-14-27(15-12-19)16-13-22-21-5-3-4-6-23(21)29-24(22)17-28-20-9-7-18(25)8-10-20/h3-10,19H,11-17H2,1-2H3. The van der Waals surface area contributed by atoms with E-state index in [9.17, 15) is 0 Å². The fourth-order valence-electron chi connectivity index (χ4n) is 4.15. The Morgan fingerprint density at radius 3 is 2.52 bits per heavy atom. The van der Waals surface area contributed by atoms with Crippen LogP contribution in [0.25, 0.3) is 10.1 Å². The Kier molecular flexibility index (Phi) is 6.91. The molecule has 1 saturated heterocycles. The molecule has 0 N–H and O–H groups in total. The minimum Gasteiger partial charge on any atom is -0.488 e. The molecule has 154 valence electrons. The van der Waals surface area contributed by atoms with Crippen LogP contribution in [0.4, 0.5) is 0 Å². The Morgan fingerprint density at radius 2 is 1.79 bits per heavy atom. The zero-order chi connectivity index (χ0) is 20.2. The quantitative estimate of drug-likeness (QED) is 0.431. The lowest BCUT2D eigenvalue weighted by Crippen LogP contribution is -2.42. The molecule has 0 radical (unpaired) electrons. The highest BCUT2D eigenvalue weighted by molar-refractivity contribution is 9.10. The van der Waals surface area contributed by atoms with E-state index in [-0.39, 0.29) is 0 Å². The van der Waals surface area contributed by atoms with Gasteiger partial charge in [-0.3, -0.25) is 0 Å². The number of thiophene rings is 1. The molecule has 1 aromatic heterocycles. The minimum absolute atomic E-state index is 0.638. The molecule has 1 aliphatic rings. The molecule has 0 saturated carbocycles. The summed E-state index contributed by atoms with van der Waals surface area (Å²) in [7, 11) is 4.41. The van der Waals surface area contributed by atoms with Crippen LogP contribution in [0.1, 0.15) is 23.3 Å². The molecule has 0 unspecified atom stereocenters. The van der Waals surface area contributed by atoms with Gasteiger partial charge in [0.25, 0.3) is 0 Å². The fraction of sp³-hybridized carbons (Fsp3) is 0.417. The normalized spacial score (nSPS) is 16.0. The second-order valence-electron chi connectivity index (χ2n) is 8.03.